The zero-order valence-electron chi connectivity index (χ0n) is 16.5. The quantitative estimate of drug-likeness (QED) is 0.486. The number of hydrogen-bond donors (Lipinski definition) is 1. The molecule has 1 saturated heterocycles. The predicted molar refractivity (Wildman–Crippen MR) is 106 cm³/mol. The topological polar surface area (TPSA) is 86.6 Å². The highest BCUT2D eigenvalue weighted by Crippen LogP contribution is 2.39. The number of carbonyl (C=O) groups is 2. The number of aliphatic hydroxyl groups excluding tert-OH is 1. The second-order valence-electron chi connectivity index (χ2n) is 7.12. The SMILES string of the molecule is Cc1ncc(/C(O)=C2\C(=O)C(=O)N(CCN(C)C)[C@@H]2c2ccccc2)c(C)n1. The second kappa shape index (κ2) is 7.90. The van der Waals surface area contributed by atoms with Gasteiger partial charge in [-0.1, -0.05) is 30.3 Å². The summed E-state index contributed by atoms with van der Waals surface area (Å²) >= 11 is 0. The van der Waals surface area contributed by atoms with E-state index in [1.165, 1.54) is 11.1 Å². The first-order valence-corrected chi connectivity index (χ1v) is 9.10. The highest BCUT2D eigenvalue weighted by Gasteiger charge is 2.46. The first-order valence-electron chi connectivity index (χ1n) is 9.10. The third-order valence-electron chi connectivity index (χ3n) is 4.80. The number of likely N-dealkylation sites (N-methyl/N-ethyl adjacent to an activating group) is 1. The number of ketones is 1. The number of rotatable bonds is 5. The number of aryl methyl sites for hydroxylation is 2. The number of aromatic nitrogens is 2. The molecule has 1 fully saturated rings. The molecule has 1 aliphatic rings. The largest absolute Gasteiger partial charge is 0.507 e. The van der Waals surface area contributed by atoms with Crippen LogP contribution in [-0.4, -0.2) is 63.7 Å². The molecular weight excluding hydrogens is 356 g/mol. The standard InChI is InChI=1S/C21H24N4O3/c1-13-16(12-22-14(2)23-13)19(26)17-18(15-8-6-5-7-9-15)25(11-10-24(3)4)21(28)20(17)27/h5-9,12,18,26H,10-11H2,1-4H3/b19-17+/t18-/m1/s1. The Morgan fingerprint density at radius 2 is 1.86 bits per heavy atom. The summed E-state index contributed by atoms with van der Waals surface area (Å²) in [6, 6.07) is 8.62. The lowest BCUT2D eigenvalue weighted by atomic mass is 9.95. The molecule has 1 aromatic heterocycles. The van der Waals surface area contributed by atoms with Gasteiger partial charge in [0.05, 0.1) is 22.9 Å². The van der Waals surface area contributed by atoms with Crippen molar-refractivity contribution in [3.05, 3.63) is 64.7 Å². The molecule has 2 heterocycles. The van der Waals surface area contributed by atoms with Gasteiger partial charge in [-0.15, -0.1) is 0 Å². The van der Waals surface area contributed by atoms with Crippen molar-refractivity contribution >= 4 is 17.4 Å². The lowest BCUT2D eigenvalue weighted by Crippen LogP contribution is -2.35. The molecule has 1 aromatic carbocycles. The molecule has 7 nitrogen and oxygen atoms in total. The van der Waals surface area contributed by atoms with E-state index in [4.69, 9.17) is 0 Å². The van der Waals surface area contributed by atoms with Crippen LogP contribution in [-0.2, 0) is 9.59 Å². The molecule has 1 amide bonds. The fraction of sp³-hybridized carbons (Fsp3) is 0.333. The molecule has 28 heavy (non-hydrogen) atoms. The predicted octanol–water partition coefficient (Wildman–Crippen LogP) is 2.08. The van der Waals surface area contributed by atoms with Crippen LogP contribution in [0.4, 0.5) is 0 Å². The van der Waals surface area contributed by atoms with Gasteiger partial charge in [0.15, 0.2) is 0 Å². The van der Waals surface area contributed by atoms with Crippen molar-refractivity contribution < 1.29 is 14.7 Å². The summed E-state index contributed by atoms with van der Waals surface area (Å²) in [5.74, 6) is -0.967. The van der Waals surface area contributed by atoms with Crippen molar-refractivity contribution in [1.29, 1.82) is 0 Å². The van der Waals surface area contributed by atoms with Crippen molar-refractivity contribution in [2.75, 3.05) is 27.2 Å². The summed E-state index contributed by atoms with van der Waals surface area (Å²) < 4.78 is 0. The molecule has 0 aliphatic carbocycles. The first kappa shape index (κ1) is 19.7. The zero-order chi connectivity index (χ0) is 20.4. The van der Waals surface area contributed by atoms with Gasteiger partial charge < -0.3 is 14.9 Å². The van der Waals surface area contributed by atoms with E-state index in [9.17, 15) is 14.7 Å². The Balaban J connectivity index is 2.16. The van der Waals surface area contributed by atoms with Gasteiger partial charge in [-0.05, 0) is 33.5 Å². The van der Waals surface area contributed by atoms with Crippen LogP contribution in [0.25, 0.3) is 5.76 Å². The van der Waals surface area contributed by atoms with Crippen LogP contribution in [0.2, 0.25) is 0 Å². The maximum Gasteiger partial charge on any atom is 0.295 e. The maximum absolute atomic E-state index is 12.9. The average Bonchev–Trinajstić information content (AvgIpc) is 2.91. The number of likely N-dealkylation sites (tertiary alicyclic amines) is 1. The average molecular weight is 380 g/mol. The molecule has 0 spiro atoms. The van der Waals surface area contributed by atoms with Crippen LogP contribution in [0.3, 0.4) is 0 Å². The van der Waals surface area contributed by atoms with Crippen LogP contribution in [0.1, 0.15) is 28.7 Å². The van der Waals surface area contributed by atoms with Crippen LogP contribution >= 0.6 is 0 Å². The molecule has 0 radical (unpaired) electrons. The summed E-state index contributed by atoms with van der Waals surface area (Å²) in [7, 11) is 3.81. The van der Waals surface area contributed by atoms with E-state index in [-0.39, 0.29) is 11.3 Å². The molecule has 146 valence electrons. The lowest BCUT2D eigenvalue weighted by Gasteiger charge is -2.26. The van der Waals surface area contributed by atoms with Gasteiger partial charge in [-0.3, -0.25) is 9.59 Å². The molecule has 1 atom stereocenters. The summed E-state index contributed by atoms with van der Waals surface area (Å²) in [5.41, 5.74) is 1.76. The Labute approximate surface area is 164 Å². The highest BCUT2D eigenvalue weighted by molar-refractivity contribution is 6.46. The normalized spacial score (nSPS) is 18.9. The summed E-state index contributed by atoms with van der Waals surface area (Å²) in [6.07, 6.45) is 1.49. The first-order chi connectivity index (χ1) is 13.3. The number of aliphatic hydroxyl groups is 1. The van der Waals surface area contributed by atoms with Gasteiger partial charge >= 0.3 is 0 Å². The van der Waals surface area contributed by atoms with Gasteiger partial charge in [0.25, 0.3) is 11.7 Å². The van der Waals surface area contributed by atoms with Gasteiger partial charge in [0.2, 0.25) is 0 Å². The maximum atomic E-state index is 12.9. The molecule has 0 bridgehead atoms. The third kappa shape index (κ3) is 3.66. The molecule has 1 N–H and O–H groups in total. The summed E-state index contributed by atoms with van der Waals surface area (Å²) in [6.45, 7) is 4.46. The van der Waals surface area contributed by atoms with Crippen molar-refractivity contribution in [3.63, 3.8) is 0 Å². The van der Waals surface area contributed by atoms with E-state index >= 15 is 0 Å². The van der Waals surface area contributed by atoms with Crippen LogP contribution < -0.4 is 0 Å². The molecule has 0 unspecified atom stereocenters. The van der Waals surface area contributed by atoms with Gasteiger partial charge in [-0.2, -0.15) is 0 Å². The minimum absolute atomic E-state index is 0.0745. The van der Waals surface area contributed by atoms with Crippen LogP contribution in [0.5, 0.6) is 0 Å². The minimum Gasteiger partial charge on any atom is -0.507 e. The van der Waals surface area contributed by atoms with Gasteiger partial charge in [0, 0.05) is 19.3 Å². The van der Waals surface area contributed by atoms with Crippen molar-refractivity contribution in [3.8, 4) is 0 Å². The van der Waals surface area contributed by atoms with E-state index < -0.39 is 17.7 Å². The van der Waals surface area contributed by atoms with Crippen molar-refractivity contribution in [1.82, 2.24) is 19.8 Å². The number of hydrogen-bond acceptors (Lipinski definition) is 6. The fourth-order valence-electron chi connectivity index (χ4n) is 3.36. The number of benzene rings is 1. The van der Waals surface area contributed by atoms with Crippen LogP contribution in [0.15, 0.2) is 42.1 Å². The van der Waals surface area contributed by atoms with E-state index in [1.54, 1.807) is 13.8 Å². The van der Waals surface area contributed by atoms with Crippen molar-refractivity contribution in [2.45, 2.75) is 19.9 Å². The molecule has 0 saturated carbocycles. The lowest BCUT2D eigenvalue weighted by molar-refractivity contribution is -0.140. The Morgan fingerprint density at radius 1 is 1.18 bits per heavy atom. The van der Waals surface area contributed by atoms with E-state index in [1.807, 2.05) is 49.3 Å². The Hall–Kier alpha value is -3.06. The monoisotopic (exact) mass is 380 g/mol. The smallest absolute Gasteiger partial charge is 0.295 e. The number of Topliss-reactive ketones (excluding diaryl/α,β-unsaturated/α-hetero) is 1. The molecule has 2 aromatic rings. The Kier molecular flexibility index (Phi) is 5.56. The summed E-state index contributed by atoms with van der Waals surface area (Å²) in [4.78, 5) is 37.5. The second-order valence-corrected chi connectivity index (χ2v) is 7.12. The number of amides is 1. The molecule has 7 heteroatoms. The fourth-order valence-corrected chi connectivity index (χ4v) is 3.36. The van der Waals surface area contributed by atoms with Crippen LogP contribution in [0, 0.1) is 13.8 Å². The van der Waals surface area contributed by atoms with E-state index in [0.29, 0.717) is 30.2 Å². The third-order valence-corrected chi connectivity index (χ3v) is 4.80. The summed E-state index contributed by atoms with van der Waals surface area (Å²) in [5, 5.41) is 11.0. The highest BCUT2D eigenvalue weighted by atomic mass is 16.3. The molecular formula is C21H24N4O3. The van der Waals surface area contributed by atoms with E-state index in [2.05, 4.69) is 9.97 Å². The Morgan fingerprint density at radius 3 is 2.46 bits per heavy atom. The van der Waals surface area contributed by atoms with Crippen molar-refractivity contribution in [2.24, 2.45) is 0 Å². The van der Waals surface area contributed by atoms with Gasteiger partial charge in [-0.25, -0.2) is 9.97 Å². The molecule has 1 aliphatic heterocycles. The minimum atomic E-state index is -0.690. The Bertz CT molecular complexity index is 938. The number of nitrogens with zero attached hydrogens (tertiary/aromatic N) is 4. The van der Waals surface area contributed by atoms with E-state index in [0.717, 1.165) is 5.56 Å². The molecule has 3 rings (SSSR count). The zero-order valence-corrected chi connectivity index (χ0v) is 16.5. The number of carbonyl (C=O) groups excluding carboxylic acids is 2. The van der Waals surface area contributed by atoms with Gasteiger partial charge in [0.1, 0.15) is 11.6 Å².